The molecule has 0 aliphatic rings. The number of carbonyl (C=O) groups is 1. The molecule has 3 aromatic carbocycles. The van der Waals surface area contributed by atoms with Crippen LogP contribution in [0, 0.1) is 0 Å². The van der Waals surface area contributed by atoms with Gasteiger partial charge in [0.25, 0.3) is 0 Å². The summed E-state index contributed by atoms with van der Waals surface area (Å²) in [5.41, 5.74) is 5.20. The van der Waals surface area contributed by atoms with Crippen molar-refractivity contribution in [2.24, 2.45) is 0 Å². The van der Waals surface area contributed by atoms with Gasteiger partial charge in [-0.3, -0.25) is 9.78 Å². The van der Waals surface area contributed by atoms with Crippen LogP contribution in [0.1, 0.15) is 40.1 Å². The van der Waals surface area contributed by atoms with E-state index in [-0.39, 0.29) is 12.3 Å². The number of ether oxygens (including phenoxy) is 1. The van der Waals surface area contributed by atoms with Crippen LogP contribution >= 0.6 is 0 Å². The van der Waals surface area contributed by atoms with Gasteiger partial charge in [-0.1, -0.05) is 66.7 Å². The van der Waals surface area contributed by atoms with Gasteiger partial charge in [-0.05, 0) is 53.4 Å². The summed E-state index contributed by atoms with van der Waals surface area (Å²) in [6, 6.07) is 31.8. The topological polar surface area (TPSA) is 97.7 Å². The van der Waals surface area contributed by atoms with Gasteiger partial charge in [0.15, 0.2) is 5.82 Å². The fourth-order valence-electron chi connectivity index (χ4n) is 5.42. The summed E-state index contributed by atoms with van der Waals surface area (Å²) in [6.07, 6.45) is 6.01. The zero-order valence-corrected chi connectivity index (χ0v) is 24.1. The Labute approximate surface area is 250 Å². The molecule has 0 radical (unpaired) electrons. The minimum absolute atomic E-state index is 0.117. The number of H-pyrrole nitrogens is 1. The highest BCUT2D eigenvalue weighted by molar-refractivity contribution is 5.83. The second kappa shape index (κ2) is 13.2. The van der Waals surface area contributed by atoms with Gasteiger partial charge in [0.2, 0.25) is 5.91 Å². The Morgan fingerprint density at radius 1 is 0.884 bits per heavy atom. The molecule has 8 nitrogen and oxygen atoms in total. The summed E-state index contributed by atoms with van der Waals surface area (Å²) in [4.78, 5) is 21.1. The number of hydrogen-bond acceptors (Lipinski definition) is 5. The second-order valence-corrected chi connectivity index (χ2v) is 10.6. The second-order valence-electron chi connectivity index (χ2n) is 10.6. The molecule has 8 heteroatoms. The average molecular weight is 571 g/mol. The quantitative estimate of drug-likeness (QED) is 0.199. The standard InChI is InChI=1S/C35H34N6O2/c1-43-29-17-14-26(15-18-29)24-41-33(19-16-25-9-3-2-4-10-25)39-40-35(41)32(38-34(42)22-28-11-7-8-20-36-28)21-27-23-37-31-13-6-5-12-30(27)31/h2-15,17-18,20,23,32,37H,16,19,21-22,24H2,1H3,(H,38,42). The number of pyridine rings is 1. The number of benzene rings is 3. The molecule has 0 fully saturated rings. The Hall–Kier alpha value is -5.24. The third-order valence-electron chi connectivity index (χ3n) is 7.65. The summed E-state index contributed by atoms with van der Waals surface area (Å²) >= 11 is 0. The molecular formula is C35H34N6O2. The van der Waals surface area contributed by atoms with Crippen LogP contribution in [0.15, 0.2) is 109 Å². The van der Waals surface area contributed by atoms with Crippen LogP contribution in [0.5, 0.6) is 5.75 Å². The van der Waals surface area contributed by atoms with Gasteiger partial charge in [0.05, 0.1) is 26.1 Å². The van der Waals surface area contributed by atoms with Crippen LogP contribution in [0.2, 0.25) is 0 Å². The van der Waals surface area contributed by atoms with E-state index < -0.39 is 6.04 Å². The largest absolute Gasteiger partial charge is 0.497 e. The molecule has 0 aliphatic carbocycles. The smallest absolute Gasteiger partial charge is 0.226 e. The van der Waals surface area contributed by atoms with E-state index in [9.17, 15) is 4.79 Å². The first-order chi connectivity index (χ1) is 21.2. The summed E-state index contributed by atoms with van der Waals surface area (Å²) in [5, 5.41) is 13.8. The minimum Gasteiger partial charge on any atom is -0.497 e. The number of aryl methyl sites for hydroxylation is 2. The number of rotatable bonds is 12. The third kappa shape index (κ3) is 6.81. The van der Waals surface area contributed by atoms with E-state index >= 15 is 0 Å². The van der Waals surface area contributed by atoms with Crippen LogP contribution in [0.3, 0.4) is 0 Å². The first-order valence-electron chi connectivity index (χ1n) is 14.5. The van der Waals surface area contributed by atoms with Crippen LogP contribution in [-0.4, -0.2) is 37.7 Å². The fraction of sp³-hybridized carbons (Fsp3) is 0.200. The monoisotopic (exact) mass is 570 g/mol. The molecule has 6 aromatic rings. The zero-order valence-electron chi connectivity index (χ0n) is 24.1. The first kappa shape index (κ1) is 27.9. The van der Waals surface area contributed by atoms with Crippen molar-refractivity contribution in [1.82, 2.24) is 30.0 Å². The van der Waals surface area contributed by atoms with Crippen molar-refractivity contribution >= 4 is 16.8 Å². The number of aromatic amines is 1. The Kier molecular flexibility index (Phi) is 8.54. The van der Waals surface area contributed by atoms with Crippen LogP contribution in [0.25, 0.3) is 10.9 Å². The molecule has 0 saturated heterocycles. The average Bonchev–Trinajstić information content (AvgIpc) is 3.64. The van der Waals surface area contributed by atoms with Gasteiger partial charge >= 0.3 is 0 Å². The molecular weight excluding hydrogens is 536 g/mol. The fourth-order valence-corrected chi connectivity index (χ4v) is 5.42. The zero-order chi connectivity index (χ0) is 29.4. The Morgan fingerprint density at radius 3 is 2.47 bits per heavy atom. The SMILES string of the molecule is COc1ccc(Cn2c(CCc3ccccc3)nnc2C(Cc2c[nH]c3ccccc23)NC(=O)Cc2ccccn2)cc1. The first-order valence-corrected chi connectivity index (χ1v) is 14.5. The third-order valence-corrected chi connectivity index (χ3v) is 7.65. The van der Waals surface area contributed by atoms with Gasteiger partial charge in [-0.2, -0.15) is 0 Å². The van der Waals surface area contributed by atoms with Crippen molar-refractivity contribution in [2.45, 2.75) is 38.3 Å². The number of methoxy groups -OCH3 is 1. The van der Waals surface area contributed by atoms with E-state index in [0.29, 0.717) is 18.7 Å². The molecule has 1 amide bonds. The number of nitrogens with zero attached hydrogens (tertiary/aromatic N) is 4. The molecule has 0 aliphatic heterocycles. The molecule has 3 heterocycles. The van der Waals surface area contributed by atoms with Crippen molar-refractivity contribution in [3.63, 3.8) is 0 Å². The van der Waals surface area contributed by atoms with Crippen molar-refractivity contribution in [1.29, 1.82) is 0 Å². The molecule has 0 saturated carbocycles. The number of amides is 1. The normalized spacial score (nSPS) is 11.8. The van der Waals surface area contributed by atoms with Gasteiger partial charge in [-0.25, -0.2) is 0 Å². The number of para-hydroxylation sites is 1. The van der Waals surface area contributed by atoms with E-state index in [0.717, 1.165) is 52.3 Å². The Balaban J connectivity index is 1.36. The lowest BCUT2D eigenvalue weighted by atomic mass is 10.0. The molecule has 2 N–H and O–H groups in total. The Bertz CT molecular complexity index is 1780. The van der Waals surface area contributed by atoms with Crippen molar-refractivity contribution in [2.75, 3.05) is 7.11 Å². The Morgan fingerprint density at radius 2 is 1.67 bits per heavy atom. The highest BCUT2D eigenvalue weighted by atomic mass is 16.5. The lowest BCUT2D eigenvalue weighted by Crippen LogP contribution is -2.33. The van der Waals surface area contributed by atoms with Gasteiger partial charge in [-0.15, -0.1) is 10.2 Å². The summed E-state index contributed by atoms with van der Waals surface area (Å²) in [7, 11) is 1.66. The van der Waals surface area contributed by atoms with Crippen LogP contribution < -0.4 is 10.1 Å². The van der Waals surface area contributed by atoms with E-state index in [1.54, 1.807) is 13.3 Å². The van der Waals surface area contributed by atoms with Crippen molar-refractivity contribution in [3.8, 4) is 5.75 Å². The maximum atomic E-state index is 13.4. The highest BCUT2D eigenvalue weighted by Gasteiger charge is 2.25. The predicted octanol–water partition coefficient (Wildman–Crippen LogP) is 5.64. The summed E-state index contributed by atoms with van der Waals surface area (Å²) < 4.78 is 7.54. The highest BCUT2D eigenvalue weighted by Crippen LogP contribution is 2.26. The minimum atomic E-state index is -0.411. The molecule has 216 valence electrons. The van der Waals surface area contributed by atoms with E-state index in [1.165, 1.54) is 5.56 Å². The van der Waals surface area contributed by atoms with Crippen molar-refractivity contribution in [3.05, 3.63) is 143 Å². The summed E-state index contributed by atoms with van der Waals surface area (Å²) in [5.74, 6) is 2.28. The predicted molar refractivity (Wildman–Crippen MR) is 167 cm³/mol. The van der Waals surface area contributed by atoms with Gasteiger partial charge in [0, 0.05) is 41.8 Å². The number of fused-ring (bicyclic) bond motifs is 1. The maximum absolute atomic E-state index is 13.4. The lowest BCUT2D eigenvalue weighted by molar-refractivity contribution is -0.121. The van der Waals surface area contributed by atoms with E-state index in [2.05, 4.69) is 73.5 Å². The molecule has 3 aromatic heterocycles. The molecule has 43 heavy (non-hydrogen) atoms. The number of hydrogen-bond donors (Lipinski definition) is 2. The number of carbonyl (C=O) groups excluding carboxylic acids is 1. The van der Waals surface area contributed by atoms with Crippen LogP contribution in [-0.2, 0) is 37.0 Å². The van der Waals surface area contributed by atoms with Crippen molar-refractivity contribution < 1.29 is 9.53 Å². The molecule has 1 atom stereocenters. The molecule has 1 unspecified atom stereocenters. The lowest BCUT2D eigenvalue weighted by Gasteiger charge is -2.20. The molecule has 0 bridgehead atoms. The van der Waals surface area contributed by atoms with Crippen LogP contribution in [0.4, 0.5) is 0 Å². The van der Waals surface area contributed by atoms with E-state index in [1.807, 2.05) is 54.7 Å². The van der Waals surface area contributed by atoms with Gasteiger partial charge < -0.3 is 19.6 Å². The van der Waals surface area contributed by atoms with E-state index in [4.69, 9.17) is 9.84 Å². The molecule has 6 rings (SSSR count). The number of nitrogens with one attached hydrogen (secondary N) is 2. The van der Waals surface area contributed by atoms with Gasteiger partial charge in [0.1, 0.15) is 11.6 Å². The number of aromatic nitrogens is 5. The summed E-state index contributed by atoms with van der Waals surface area (Å²) in [6.45, 7) is 0.566. The maximum Gasteiger partial charge on any atom is 0.226 e. The molecule has 0 spiro atoms.